The minimum atomic E-state index is 0.291. The van der Waals surface area contributed by atoms with E-state index in [2.05, 4.69) is 23.7 Å². The highest BCUT2D eigenvalue weighted by Crippen LogP contribution is 1.76. The Bertz CT molecular complexity index is 206. The second-order valence-corrected chi connectivity index (χ2v) is 2.45. The van der Waals surface area contributed by atoms with Crippen LogP contribution in [0.3, 0.4) is 0 Å². The lowest BCUT2D eigenvalue weighted by Crippen LogP contribution is -2.24. The first-order valence-corrected chi connectivity index (χ1v) is 4.36. The summed E-state index contributed by atoms with van der Waals surface area (Å²) in [5.74, 6) is 0. The molecule has 0 aromatic carbocycles. The SMILES string of the molecule is C=CC.C=CCN/N=C(/CN)C(C)=N. The van der Waals surface area contributed by atoms with Crippen LogP contribution in [0.2, 0.25) is 0 Å². The molecule has 80 valence electrons. The Kier molecular flexibility index (Phi) is 12.5. The van der Waals surface area contributed by atoms with Crippen LogP contribution in [0.1, 0.15) is 13.8 Å². The molecule has 0 saturated carbocycles. The van der Waals surface area contributed by atoms with Crippen molar-refractivity contribution in [2.75, 3.05) is 13.1 Å². The molecule has 0 unspecified atom stereocenters. The smallest absolute Gasteiger partial charge is 0.0942 e. The standard InChI is InChI=1S/C7H14N4.C3H6/c1-3-4-10-11-7(5-8)6(2)9;1-3-2/h3,9-10H,1,4-5,8H2,2H3;3H,1H2,2H3/b9-6?,11-7-;. The van der Waals surface area contributed by atoms with Gasteiger partial charge in [0.25, 0.3) is 0 Å². The fraction of sp³-hybridized carbons (Fsp3) is 0.400. The van der Waals surface area contributed by atoms with Crippen molar-refractivity contribution < 1.29 is 0 Å². The molecule has 0 amide bonds. The number of allylic oxidation sites excluding steroid dienone is 1. The van der Waals surface area contributed by atoms with Crippen LogP contribution in [0.4, 0.5) is 0 Å². The van der Waals surface area contributed by atoms with Gasteiger partial charge in [0.1, 0.15) is 0 Å². The summed E-state index contributed by atoms with van der Waals surface area (Å²) in [6.07, 6.45) is 3.44. The summed E-state index contributed by atoms with van der Waals surface area (Å²) < 4.78 is 0. The predicted molar refractivity (Wildman–Crippen MR) is 64.0 cm³/mol. The first-order chi connectivity index (χ1) is 6.63. The molecule has 0 fully saturated rings. The summed E-state index contributed by atoms with van der Waals surface area (Å²) in [7, 11) is 0. The molecule has 0 heterocycles. The minimum absolute atomic E-state index is 0.291. The summed E-state index contributed by atoms with van der Waals surface area (Å²) in [5.41, 5.74) is 9.00. The maximum Gasteiger partial charge on any atom is 0.0942 e. The molecule has 0 atom stereocenters. The Morgan fingerprint density at radius 3 is 2.36 bits per heavy atom. The Hall–Kier alpha value is -1.42. The van der Waals surface area contributed by atoms with Crippen LogP contribution in [-0.2, 0) is 0 Å². The molecule has 0 aromatic rings. The van der Waals surface area contributed by atoms with E-state index >= 15 is 0 Å². The third-order valence-electron chi connectivity index (χ3n) is 1.08. The van der Waals surface area contributed by atoms with Gasteiger partial charge in [-0.25, -0.2) is 0 Å². The molecule has 0 spiro atoms. The zero-order valence-electron chi connectivity index (χ0n) is 9.01. The third-order valence-corrected chi connectivity index (χ3v) is 1.08. The number of nitrogens with two attached hydrogens (primary N) is 1. The monoisotopic (exact) mass is 196 g/mol. The maximum atomic E-state index is 7.21. The summed E-state index contributed by atoms with van der Waals surface area (Å²) in [6.45, 7) is 11.3. The fourth-order valence-electron chi connectivity index (χ4n) is 0.488. The van der Waals surface area contributed by atoms with Crippen molar-refractivity contribution in [3.63, 3.8) is 0 Å². The van der Waals surface area contributed by atoms with Crippen molar-refractivity contribution in [3.05, 3.63) is 25.3 Å². The van der Waals surface area contributed by atoms with Gasteiger partial charge >= 0.3 is 0 Å². The van der Waals surface area contributed by atoms with Crippen LogP contribution in [0.5, 0.6) is 0 Å². The number of hydrogen-bond donors (Lipinski definition) is 3. The first kappa shape index (κ1) is 15.1. The quantitative estimate of drug-likeness (QED) is 0.268. The van der Waals surface area contributed by atoms with Gasteiger partial charge in [-0.15, -0.1) is 13.2 Å². The van der Waals surface area contributed by atoms with Gasteiger partial charge in [-0.05, 0) is 13.8 Å². The molecule has 0 aliphatic heterocycles. The van der Waals surface area contributed by atoms with Crippen LogP contribution in [0.15, 0.2) is 30.4 Å². The van der Waals surface area contributed by atoms with E-state index in [4.69, 9.17) is 11.1 Å². The van der Waals surface area contributed by atoms with Gasteiger partial charge in [0.2, 0.25) is 0 Å². The average molecular weight is 196 g/mol. The molecule has 0 rings (SSSR count). The molecule has 0 aromatic heterocycles. The minimum Gasteiger partial charge on any atom is -0.325 e. The number of nitrogens with one attached hydrogen (secondary N) is 2. The van der Waals surface area contributed by atoms with Crippen molar-refractivity contribution in [2.45, 2.75) is 13.8 Å². The van der Waals surface area contributed by atoms with Crippen molar-refractivity contribution >= 4 is 11.4 Å². The van der Waals surface area contributed by atoms with Gasteiger partial charge in [0.15, 0.2) is 0 Å². The van der Waals surface area contributed by atoms with E-state index in [1.165, 1.54) is 0 Å². The number of rotatable bonds is 5. The van der Waals surface area contributed by atoms with Crippen LogP contribution >= 0.6 is 0 Å². The number of hydrazone groups is 1. The Morgan fingerprint density at radius 1 is 1.57 bits per heavy atom. The van der Waals surface area contributed by atoms with Crippen LogP contribution in [-0.4, -0.2) is 24.5 Å². The molecule has 0 bridgehead atoms. The van der Waals surface area contributed by atoms with Gasteiger partial charge in [0, 0.05) is 6.54 Å². The normalized spacial score (nSPS) is 9.50. The second kappa shape index (κ2) is 11.6. The molecule has 0 aliphatic carbocycles. The van der Waals surface area contributed by atoms with Gasteiger partial charge in [-0.2, -0.15) is 5.10 Å². The zero-order chi connectivity index (χ0) is 11.4. The molecule has 4 heteroatoms. The predicted octanol–water partition coefficient (Wildman–Crippen LogP) is 1.31. The lowest BCUT2D eigenvalue weighted by molar-refractivity contribution is 0.825. The van der Waals surface area contributed by atoms with Crippen molar-refractivity contribution in [1.29, 1.82) is 5.41 Å². The second-order valence-electron chi connectivity index (χ2n) is 2.45. The van der Waals surface area contributed by atoms with Gasteiger partial charge in [-0.3, -0.25) is 0 Å². The van der Waals surface area contributed by atoms with Crippen molar-refractivity contribution in [2.24, 2.45) is 10.8 Å². The summed E-state index contributed by atoms with van der Waals surface area (Å²) >= 11 is 0. The summed E-state index contributed by atoms with van der Waals surface area (Å²) in [6, 6.07) is 0. The molecular weight excluding hydrogens is 176 g/mol. The van der Waals surface area contributed by atoms with E-state index in [1.807, 2.05) is 6.92 Å². The van der Waals surface area contributed by atoms with Crippen molar-refractivity contribution in [3.8, 4) is 0 Å². The molecule has 4 N–H and O–H groups in total. The summed E-state index contributed by atoms with van der Waals surface area (Å²) in [5, 5.41) is 11.1. The lowest BCUT2D eigenvalue weighted by Gasteiger charge is -2.00. The van der Waals surface area contributed by atoms with Crippen LogP contribution in [0.25, 0.3) is 0 Å². The molecule has 0 radical (unpaired) electrons. The van der Waals surface area contributed by atoms with Crippen LogP contribution in [0, 0.1) is 5.41 Å². The lowest BCUT2D eigenvalue weighted by atomic mass is 10.3. The highest BCUT2D eigenvalue weighted by molar-refractivity contribution is 6.40. The number of nitrogens with zero attached hydrogens (tertiary/aromatic N) is 1. The highest BCUT2D eigenvalue weighted by Gasteiger charge is 1.96. The van der Waals surface area contributed by atoms with Crippen molar-refractivity contribution in [1.82, 2.24) is 5.43 Å². The Balaban J connectivity index is 0. The van der Waals surface area contributed by atoms with E-state index in [1.54, 1.807) is 19.1 Å². The van der Waals surface area contributed by atoms with E-state index in [-0.39, 0.29) is 0 Å². The maximum absolute atomic E-state index is 7.21. The number of hydrogen-bond acceptors (Lipinski definition) is 4. The van der Waals surface area contributed by atoms with Gasteiger partial charge in [-0.1, -0.05) is 12.2 Å². The van der Waals surface area contributed by atoms with E-state index < -0.39 is 0 Å². The van der Waals surface area contributed by atoms with E-state index in [0.29, 0.717) is 24.5 Å². The molecule has 14 heavy (non-hydrogen) atoms. The van der Waals surface area contributed by atoms with Gasteiger partial charge in [0.05, 0.1) is 18.0 Å². The summed E-state index contributed by atoms with van der Waals surface area (Å²) in [4.78, 5) is 0. The molecule has 4 nitrogen and oxygen atoms in total. The molecule has 0 aliphatic rings. The first-order valence-electron chi connectivity index (χ1n) is 4.36. The Labute approximate surface area is 86.1 Å². The zero-order valence-corrected chi connectivity index (χ0v) is 9.01. The van der Waals surface area contributed by atoms with Gasteiger partial charge < -0.3 is 16.6 Å². The fourth-order valence-corrected chi connectivity index (χ4v) is 0.488. The average Bonchev–Trinajstić information content (AvgIpc) is 2.13. The Morgan fingerprint density at radius 2 is 2.07 bits per heavy atom. The molecular formula is C10H20N4. The third kappa shape index (κ3) is 10.6. The highest BCUT2D eigenvalue weighted by atomic mass is 15.3. The molecule has 0 saturated heterocycles. The van der Waals surface area contributed by atoms with E-state index in [9.17, 15) is 0 Å². The largest absolute Gasteiger partial charge is 0.325 e. The topological polar surface area (TPSA) is 74.3 Å². The van der Waals surface area contributed by atoms with E-state index in [0.717, 1.165) is 0 Å². The van der Waals surface area contributed by atoms with Crippen LogP contribution < -0.4 is 11.2 Å².